The monoisotopic (exact) mass is 219 g/mol. The molecule has 1 aromatic carbocycles. The summed E-state index contributed by atoms with van der Waals surface area (Å²) in [6.07, 6.45) is 4.15. The predicted molar refractivity (Wildman–Crippen MR) is 68.8 cm³/mol. The standard InChI is InChI=1S/C14H21NO/c1-3-4-8-13(2)15-11-12-16-14-9-6-5-7-10-14/h3,5-7,9-10,13,15H,1,4,8,11-12H2,2H3. The highest BCUT2D eigenvalue weighted by atomic mass is 16.5. The van der Waals surface area contributed by atoms with Crippen LogP contribution in [-0.2, 0) is 0 Å². The SMILES string of the molecule is C=CCCC(C)NCCOc1ccccc1. The van der Waals surface area contributed by atoms with Gasteiger partial charge in [-0.1, -0.05) is 24.3 Å². The van der Waals surface area contributed by atoms with E-state index in [-0.39, 0.29) is 0 Å². The summed E-state index contributed by atoms with van der Waals surface area (Å²) >= 11 is 0. The number of benzene rings is 1. The molecule has 1 unspecified atom stereocenters. The van der Waals surface area contributed by atoms with Crippen LogP contribution >= 0.6 is 0 Å². The quantitative estimate of drug-likeness (QED) is 0.536. The number of hydrogen-bond acceptors (Lipinski definition) is 2. The zero-order chi connectivity index (χ0) is 11.6. The van der Waals surface area contributed by atoms with Gasteiger partial charge in [0, 0.05) is 12.6 Å². The summed E-state index contributed by atoms with van der Waals surface area (Å²) in [5, 5.41) is 3.41. The molecule has 0 amide bonds. The summed E-state index contributed by atoms with van der Waals surface area (Å²) in [4.78, 5) is 0. The van der Waals surface area contributed by atoms with Crippen molar-refractivity contribution in [2.24, 2.45) is 0 Å². The molecule has 0 heterocycles. The topological polar surface area (TPSA) is 21.3 Å². The van der Waals surface area contributed by atoms with Crippen molar-refractivity contribution < 1.29 is 4.74 Å². The van der Waals surface area contributed by atoms with Gasteiger partial charge in [0.1, 0.15) is 12.4 Å². The van der Waals surface area contributed by atoms with Crippen molar-refractivity contribution in [2.45, 2.75) is 25.8 Å². The molecular weight excluding hydrogens is 198 g/mol. The van der Waals surface area contributed by atoms with Crippen molar-refractivity contribution in [3.05, 3.63) is 43.0 Å². The van der Waals surface area contributed by atoms with Crippen molar-refractivity contribution in [2.75, 3.05) is 13.2 Å². The lowest BCUT2D eigenvalue weighted by molar-refractivity contribution is 0.305. The van der Waals surface area contributed by atoms with E-state index in [2.05, 4.69) is 18.8 Å². The molecule has 0 saturated heterocycles. The van der Waals surface area contributed by atoms with Gasteiger partial charge >= 0.3 is 0 Å². The minimum Gasteiger partial charge on any atom is -0.492 e. The lowest BCUT2D eigenvalue weighted by Gasteiger charge is -2.13. The fraction of sp³-hybridized carbons (Fsp3) is 0.429. The smallest absolute Gasteiger partial charge is 0.119 e. The van der Waals surface area contributed by atoms with Gasteiger partial charge in [0.25, 0.3) is 0 Å². The van der Waals surface area contributed by atoms with Gasteiger partial charge in [0.05, 0.1) is 0 Å². The van der Waals surface area contributed by atoms with E-state index in [1.807, 2.05) is 36.4 Å². The Bertz CT molecular complexity index is 284. The van der Waals surface area contributed by atoms with Gasteiger partial charge in [0.2, 0.25) is 0 Å². The van der Waals surface area contributed by atoms with Crippen LogP contribution in [0.1, 0.15) is 19.8 Å². The summed E-state index contributed by atoms with van der Waals surface area (Å²) in [5.41, 5.74) is 0. The maximum Gasteiger partial charge on any atom is 0.119 e. The van der Waals surface area contributed by atoms with Crippen molar-refractivity contribution >= 4 is 0 Å². The van der Waals surface area contributed by atoms with E-state index >= 15 is 0 Å². The fourth-order valence-corrected chi connectivity index (χ4v) is 1.46. The molecule has 16 heavy (non-hydrogen) atoms. The van der Waals surface area contributed by atoms with Crippen molar-refractivity contribution in [3.8, 4) is 5.75 Å². The minimum absolute atomic E-state index is 0.525. The third-order valence-corrected chi connectivity index (χ3v) is 2.41. The van der Waals surface area contributed by atoms with Gasteiger partial charge in [-0.05, 0) is 31.9 Å². The summed E-state index contributed by atoms with van der Waals surface area (Å²) in [6.45, 7) is 7.50. The van der Waals surface area contributed by atoms with E-state index < -0.39 is 0 Å². The normalized spacial score (nSPS) is 12.1. The van der Waals surface area contributed by atoms with Crippen LogP contribution in [0.5, 0.6) is 5.75 Å². The van der Waals surface area contributed by atoms with E-state index in [4.69, 9.17) is 4.74 Å². The zero-order valence-corrected chi connectivity index (χ0v) is 9.99. The molecule has 0 aliphatic rings. The van der Waals surface area contributed by atoms with E-state index in [0.717, 1.165) is 25.1 Å². The first-order valence-electron chi connectivity index (χ1n) is 5.85. The van der Waals surface area contributed by atoms with Crippen molar-refractivity contribution in [1.29, 1.82) is 0 Å². The van der Waals surface area contributed by atoms with E-state index in [9.17, 15) is 0 Å². The summed E-state index contributed by atoms with van der Waals surface area (Å²) in [7, 11) is 0. The maximum absolute atomic E-state index is 5.58. The maximum atomic E-state index is 5.58. The van der Waals surface area contributed by atoms with Crippen LogP contribution in [0.2, 0.25) is 0 Å². The third kappa shape index (κ3) is 5.56. The summed E-state index contributed by atoms with van der Waals surface area (Å²) < 4.78 is 5.58. The average Bonchev–Trinajstić information content (AvgIpc) is 2.33. The Morgan fingerprint density at radius 2 is 2.12 bits per heavy atom. The van der Waals surface area contributed by atoms with E-state index in [0.29, 0.717) is 12.6 Å². The Morgan fingerprint density at radius 3 is 2.81 bits per heavy atom. The number of allylic oxidation sites excluding steroid dienone is 1. The molecule has 88 valence electrons. The minimum atomic E-state index is 0.525. The first-order chi connectivity index (χ1) is 7.83. The van der Waals surface area contributed by atoms with Crippen LogP contribution in [0.3, 0.4) is 0 Å². The van der Waals surface area contributed by atoms with Crippen LogP contribution < -0.4 is 10.1 Å². The summed E-state index contributed by atoms with van der Waals surface area (Å²) in [5.74, 6) is 0.933. The molecule has 0 bridgehead atoms. The van der Waals surface area contributed by atoms with Gasteiger partial charge in [-0.25, -0.2) is 0 Å². The second-order valence-electron chi connectivity index (χ2n) is 3.88. The van der Waals surface area contributed by atoms with Crippen LogP contribution in [0.25, 0.3) is 0 Å². The Hall–Kier alpha value is -1.28. The van der Waals surface area contributed by atoms with Gasteiger partial charge in [-0.2, -0.15) is 0 Å². The highest BCUT2D eigenvalue weighted by Crippen LogP contribution is 2.07. The zero-order valence-electron chi connectivity index (χ0n) is 9.99. The van der Waals surface area contributed by atoms with Gasteiger partial charge in [0.15, 0.2) is 0 Å². The largest absolute Gasteiger partial charge is 0.492 e. The molecule has 1 N–H and O–H groups in total. The first kappa shape index (κ1) is 12.8. The number of hydrogen-bond donors (Lipinski definition) is 1. The second kappa shape index (κ2) is 7.94. The Balaban J connectivity index is 2.05. The van der Waals surface area contributed by atoms with Gasteiger partial charge in [-0.3, -0.25) is 0 Å². The lowest BCUT2D eigenvalue weighted by Crippen LogP contribution is -2.30. The number of nitrogens with one attached hydrogen (secondary N) is 1. The van der Waals surface area contributed by atoms with E-state index in [1.54, 1.807) is 0 Å². The molecule has 0 spiro atoms. The van der Waals surface area contributed by atoms with Crippen LogP contribution in [0, 0.1) is 0 Å². The molecule has 0 radical (unpaired) electrons. The second-order valence-corrected chi connectivity index (χ2v) is 3.88. The Labute approximate surface area is 98.3 Å². The number of ether oxygens (including phenoxy) is 1. The Kier molecular flexibility index (Phi) is 6.35. The first-order valence-corrected chi connectivity index (χ1v) is 5.85. The van der Waals surface area contributed by atoms with Crippen LogP contribution in [0.4, 0.5) is 0 Å². The van der Waals surface area contributed by atoms with E-state index in [1.165, 1.54) is 0 Å². The molecule has 0 aliphatic carbocycles. The molecule has 1 rings (SSSR count). The molecule has 0 aliphatic heterocycles. The molecule has 2 nitrogen and oxygen atoms in total. The number of rotatable bonds is 8. The molecule has 1 atom stereocenters. The Morgan fingerprint density at radius 1 is 1.38 bits per heavy atom. The van der Waals surface area contributed by atoms with Gasteiger partial charge in [-0.15, -0.1) is 6.58 Å². The van der Waals surface area contributed by atoms with Crippen molar-refractivity contribution in [1.82, 2.24) is 5.32 Å². The molecule has 0 fully saturated rings. The number of para-hydroxylation sites is 1. The predicted octanol–water partition coefficient (Wildman–Crippen LogP) is 3.01. The highest BCUT2D eigenvalue weighted by molar-refractivity contribution is 5.20. The lowest BCUT2D eigenvalue weighted by atomic mass is 10.2. The van der Waals surface area contributed by atoms with Crippen LogP contribution in [-0.4, -0.2) is 19.2 Å². The fourth-order valence-electron chi connectivity index (χ4n) is 1.46. The van der Waals surface area contributed by atoms with Crippen LogP contribution in [0.15, 0.2) is 43.0 Å². The van der Waals surface area contributed by atoms with Gasteiger partial charge < -0.3 is 10.1 Å². The highest BCUT2D eigenvalue weighted by Gasteiger charge is 1.98. The molecular formula is C14H21NO. The molecule has 0 aromatic heterocycles. The average molecular weight is 219 g/mol. The van der Waals surface area contributed by atoms with Crippen molar-refractivity contribution in [3.63, 3.8) is 0 Å². The molecule has 2 heteroatoms. The third-order valence-electron chi connectivity index (χ3n) is 2.41. The summed E-state index contributed by atoms with van der Waals surface area (Å²) in [6, 6.07) is 10.4. The molecule has 1 aromatic rings. The molecule has 0 saturated carbocycles.